The molecule has 0 radical (unpaired) electrons. The Morgan fingerprint density at radius 1 is 1.22 bits per heavy atom. The van der Waals surface area contributed by atoms with E-state index in [0.717, 1.165) is 18.7 Å². The zero-order valence-corrected chi connectivity index (χ0v) is 14.8. The van der Waals surface area contributed by atoms with Crippen molar-refractivity contribution in [3.63, 3.8) is 0 Å². The van der Waals surface area contributed by atoms with Crippen molar-refractivity contribution in [1.29, 1.82) is 0 Å². The predicted octanol–water partition coefficient (Wildman–Crippen LogP) is 3.64. The van der Waals surface area contributed by atoms with Crippen LogP contribution in [0, 0.1) is 12.8 Å². The van der Waals surface area contributed by atoms with Crippen LogP contribution >= 0.6 is 23.1 Å². The summed E-state index contributed by atoms with van der Waals surface area (Å²) in [5.41, 5.74) is 0.759. The Balaban J connectivity index is 1.38. The van der Waals surface area contributed by atoms with Gasteiger partial charge in [-0.05, 0) is 62.2 Å². The van der Waals surface area contributed by atoms with Crippen molar-refractivity contribution >= 4 is 29.0 Å². The molecule has 3 unspecified atom stereocenters. The molecule has 0 spiro atoms. The van der Waals surface area contributed by atoms with Crippen molar-refractivity contribution in [2.24, 2.45) is 5.92 Å². The van der Waals surface area contributed by atoms with Gasteiger partial charge in [0, 0.05) is 34.5 Å². The molecule has 4 rings (SSSR count). The first-order valence-corrected chi connectivity index (χ1v) is 9.68. The normalized spacial score (nSPS) is 25.7. The molecule has 2 aliphatic heterocycles. The SMILES string of the molecule is Cc1ccc(Sc2ccc(C(=O)NC3CN4CCC3C4)cc2)s1. The first-order valence-electron chi connectivity index (χ1n) is 8.05. The van der Waals surface area contributed by atoms with Gasteiger partial charge in [0.1, 0.15) is 0 Å². The lowest BCUT2D eigenvalue weighted by Crippen LogP contribution is -2.43. The molecule has 2 fully saturated rings. The minimum absolute atomic E-state index is 0.0623. The number of aryl methyl sites for hydroxylation is 1. The topological polar surface area (TPSA) is 32.3 Å². The second-order valence-electron chi connectivity index (χ2n) is 6.38. The Kier molecular flexibility index (Phi) is 4.18. The number of nitrogens with one attached hydrogen (secondary N) is 1. The molecule has 23 heavy (non-hydrogen) atoms. The maximum absolute atomic E-state index is 12.4. The van der Waals surface area contributed by atoms with Gasteiger partial charge in [-0.1, -0.05) is 11.8 Å². The van der Waals surface area contributed by atoms with E-state index in [4.69, 9.17) is 0 Å². The summed E-state index contributed by atoms with van der Waals surface area (Å²) >= 11 is 3.55. The van der Waals surface area contributed by atoms with E-state index in [1.54, 1.807) is 23.1 Å². The number of carbonyl (C=O) groups is 1. The van der Waals surface area contributed by atoms with E-state index < -0.39 is 0 Å². The lowest BCUT2D eigenvalue weighted by Gasteiger charge is -2.23. The Bertz CT molecular complexity index is 710. The molecule has 1 aromatic heterocycles. The molecule has 2 aliphatic rings. The first-order chi connectivity index (χ1) is 11.2. The van der Waals surface area contributed by atoms with Gasteiger partial charge in [0.15, 0.2) is 0 Å². The quantitative estimate of drug-likeness (QED) is 0.919. The van der Waals surface area contributed by atoms with Crippen molar-refractivity contribution in [3.8, 4) is 0 Å². The standard InChI is InChI=1S/C18H20N2OS2/c1-12-2-7-17(22-12)23-15-5-3-13(4-6-15)18(21)19-16-11-20-9-8-14(16)10-20/h2-7,14,16H,8-11H2,1H3,(H,19,21). The number of fused-ring (bicyclic) bond motifs is 2. The van der Waals surface area contributed by atoms with Gasteiger partial charge in [-0.2, -0.15) is 0 Å². The van der Waals surface area contributed by atoms with Crippen molar-refractivity contribution in [2.45, 2.75) is 28.5 Å². The highest BCUT2D eigenvalue weighted by Gasteiger charge is 2.38. The molecule has 1 aromatic carbocycles. The molecule has 1 amide bonds. The lowest BCUT2D eigenvalue weighted by molar-refractivity contribution is 0.0924. The molecule has 0 aliphatic carbocycles. The Hall–Kier alpha value is -1.30. The van der Waals surface area contributed by atoms with Gasteiger partial charge in [0.05, 0.1) is 4.21 Å². The van der Waals surface area contributed by atoms with Crippen molar-refractivity contribution in [2.75, 3.05) is 19.6 Å². The molecule has 120 valence electrons. The van der Waals surface area contributed by atoms with Crippen LogP contribution in [0.25, 0.3) is 0 Å². The molecule has 5 heteroatoms. The monoisotopic (exact) mass is 344 g/mol. The predicted molar refractivity (Wildman–Crippen MR) is 95.4 cm³/mol. The van der Waals surface area contributed by atoms with Crippen LogP contribution in [-0.2, 0) is 0 Å². The third kappa shape index (κ3) is 3.32. The summed E-state index contributed by atoms with van der Waals surface area (Å²) in [6.07, 6.45) is 1.22. The van der Waals surface area contributed by atoms with Gasteiger partial charge in [-0.25, -0.2) is 0 Å². The fourth-order valence-electron chi connectivity index (χ4n) is 3.46. The van der Waals surface area contributed by atoms with Gasteiger partial charge < -0.3 is 10.2 Å². The maximum atomic E-state index is 12.4. The zero-order chi connectivity index (χ0) is 15.8. The van der Waals surface area contributed by atoms with Crippen LogP contribution in [0.5, 0.6) is 0 Å². The van der Waals surface area contributed by atoms with E-state index in [2.05, 4.69) is 29.3 Å². The summed E-state index contributed by atoms with van der Waals surface area (Å²) in [7, 11) is 0. The zero-order valence-electron chi connectivity index (χ0n) is 13.1. The minimum atomic E-state index is 0.0623. The molecular weight excluding hydrogens is 324 g/mol. The Morgan fingerprint density at radius 2 is 2.04 bits per heavy atom. The van der Waals surface area contributed by atoms with Gasteiger partial charge in [-0.15, -0.1) is 11.3 Å². The van der Waals surface area contributed by atoms with E-state index in [0.29, 0.717) is 12.0 Å². The summed E-state index contributed by atoms with van der Waals surface area (Å²) in [4.78, 5) is 17.4. The van der Waals surface area contributed by atoms with E-state index in [1.807, 2.05) is 24.3 Å². The van der Waals surface area contributed by atoms with E-state index in [1.165, 1.54) is 26.9 Å². The number of hydrogen-bond acceptors (Lipinski definition) is 4. The fourth-order valence-corrected chi connectivity index (χ4v) is 5.54. The largest absolute Gasteiger partial charge is 0.348 e. The molecule has 1 N–H and O–H groups in total. The number of carbonyl (C=O) groups excluding carboxylic acids is 1. The van der Waals surface area contributed by atoms with Gasteiger partial charge in [0.25, 0.3) is 5.91 Å². The molecule has 2 aromatic rings. The van der Waals surface area contributed by atoms with E-state index in [-0.39, 0.29) is 5.91 Å². The highest BCUT2D eigenvalue weighted by atomic mass is 32.2. The van der Waals surface area contributed by atoms with Crippen LogP contribution in [0.4, 0.5) is 0 Å². The van der Waals surface area contributed by atoms with Crippen molar-refractivity contribution < 1.29 is 4.79 Å². The van der Waals surface area contributed by atoms with Crippen LogP contribution in [0.15, 0.2) is 45.5 Å². The molecule has 0 saturated carbocycles. The van der Waals surface area contributed by atoms with E-state index in [9.17, 15) is 4.79 Å². The number of hydrogen-bond donors (Lipinski definition) is 1. The molecule has 2 bridgehead atoms. The number of nitrogens with zero attached hydrogens (tertiary/aromatic N) is 1. The Morgan fingerprint density at radius 3 is 2.65 bits per heavy atom. The first kappa shape index (κ1) is 15.2. The number of rotatable bonds is 4. The molecule has 2 saturated heterocycles. The van der Waals surface area contributed by atoms with Gasteiger partial charge in [-0.3, -0.25) is 4.79 Å². The molecule has 3 heterocycles. The molecule has 3 atom stereocenters. The molecular formula is C18H20N2OS2. The average molecular weight is 345 g/mol. The van der Waals surface area contributed by atoms with Crippen LogP contribution < -0.4 is 5.32 Å². The van der Waals surface area contributed by atoms with Gasteiger partial charge >= 0.3 is 0 Å². The third-order valence-electron chi connectivity index (χ3n) is 4.70. The summed E-state index contributed by atoms with van der Waals surface area (Å²) in [5.74, 6) is 0.711. The third-order valence-corrected chi connectivity index (χ3v) is 6.84. The molecule has 3 nitrogen and oxygen atoms in total. The summed E-state index contributed by atoms with van der Waals surface area (Å²) in [6.45, 7) is 5.49. The lowest BCUT2D eigenvalue weighted by atomic mass is 9.99. The Labute approximate surface area is 145 Å². The second kappa shape index (κ2) is 6.30. The fraction of sp³-hybridized carbons (Fsp3) is 0.389. The van der Waals surface area contributed by atoms with Crippen LogP contribution in [-0.4, -0.2) is 36.5 Å². The van der Waals surface area contributed by atoms with Gasteiger partial charge in [0.2, 0.25) is 0 Å². The number of piperidine rings is 1. The van der Waals surface area contributed by atoms with Crippen LogP contribution in [0.2, 0.25) is 0 Å². The van der Waals surface area contributed by atoms with Crippen LogP contribution in [0.3, 0.4) is 0 Å². The highest BCUT2D eigenvalue weighted by Crippen LogP contribution is 2.33. The second-order valence-corrected chi connectivity index (χ2v) is 9.04. The smallest absolute Gasteiger partial charge is 0.251 e. The van der Waals surface area contributed by atoms with Crippen molar-refractivity contribution in [3.05, 3.63) is 46.8 Å². The number of benzene rings is 1. The summed E-state index contributed by atoms with van der Waals surface area (Å²) in [6, 6.07) is 12.6. The number of amides is 1. The minimum Gasteiger partial charge on any atom is -0.348 e. The maximum Gasteiger partial charge on any atom is 0.251 e. The van der Waals surface area contributed by atoms with E-state index >= 15 is 0 Å². The average Bonchev–Trinajstić information content (AvgIpc) is 3.25. The van der Waals surface area contributed by atoms with Crippen molar-refractivity contribution in [1.82, 2.24) is 10.2 Å². The number of thiophene rings is 1. The summed E-state index contributed by atoms with van der Waals surface area (Å²) in [5, 5.41) is 3.21. The highest BCUT2D eigenvalue weighted by molar-refractivity contribution is 8.01. The van der Waals surface area contributed by atoms with Crippen LogP contribution in [0.1, 0.15) is 21.7 Å². The summed E-state index contributed by atoms with van der Waals surface area (Å²) < 4.78 is 1.29.